The summed E-state index contributed by atoms with van der Waals surface area (Å²) in [4.78, 5) is 33.8. The quantitative estimate of drug-likeness (QED) is 0.141. The predicted octanol–water partition coefficient (Wildman–Crippen LogP) is 5.02. The maximum Gasteiger partial charge on any atom is 0.472 e. The van der Waals surface area contributed by atoms with E-state index < -0.39 is 50.7 Å². The number of nitrogens with two attached hydrogens (primary N) is 1. The molecule has 3 aromatic rings. The number of phosphoric ester groups is 1. The molecule has 0 saturated carbocycles. The van der Waals surface area contributed by atoms with Crippen molar-refractivity contribution in [2.45, 2.75) is 63.6 Å². The highest BCUT2D eigenvalue weighted by Crippen LogP contribution is 2.45. The van der Waals surface area contributed by atoms with E-state index in [0.29, 0.717) is 44.0 Å². The lowest BCUT2D eigenvalue weighted by Gasteiger charge is -2.31. The van der Waals surface area contributed by atoms with Crippen molar-refractivity contribution < 1.29 is 52.1 Å². The van der Waals surface area contributed by atoms with Crippen LogP contribution in [0.25, 0.3) is 0 Å². The molecule has 0 aromatic heterocycles. The summed E-state index contributed by atoms with van der Waals surface area (Å²) in [6.07, 6.45) is -1.28. The molecule has 3 aromatic carbocycles. The van der Waals surface area contributed by atoms with Crippen LogP contribution in [0.3, 0.4) is 0 Å². The number of rotatable bonds is 16. The van der Waals surface area contributed by atoms with Crippen molar-refractivity contribution in [3.8, 4) is 17.2 Å². The molecule has 12 nitrogen and oxygen atoms in total. The Bertz CT molecular complexity index is 1450. The molecule has 45 heavy (non-hydrogen) atoms. The summed E-state index contributed by atoms with van der Waals surface area (Å²) < 4.78 is 45.5. The second kappa shape index (κ2) is 16.5. The number of phosphoric acid groups is 1. The predicted molar refractivity (Wildman–Crippen MR) is 163 cm³/mol. The van der Waals surface area contributed by atoms with E-state index in [0.717, 1.165) is 16.9 Å². The molecule has 1 fully saturated rings. The van der Waals surface area contributed by atoms with Gasteiger partial charge in [-0.15, -0.1) is 0 Å². The summed E-state index contributed by atoms with van der Waals surface area (Å²) in [7, 11) is -4.66. The first-order valence-electron chi connectivity index (χ1n) is 14.6. The lowest BCUT2D eigenvalue weighted by atomic mass is 10.1. The Morgan fingerprint density at radius 1 is 1.04 bits per heavy atom. The fraction of sp³-hybridized carbons (Fsp3) is 0.375. The fourth-order valence-corrected chi connectivity index (χ4v) is 5.52. The van der Waals surface area contributed by atoms with E-state index in [1.807, 2.05) is 78.9 Å². The van der Waals surface area contributed by atoms with Crippen molar-refractivity contribution >= 4 is 19.8 Å². The van der Waals surface area contributed by atoms with Gasteiger partial charge in [0.05, 0.1) is 12.7 Å². The number of benzene rings is 3. The van der Waals surface area contributed by atoms with Crippen LogP contribution in [0.5, 0.6) is 17.2 Å². The molecule has 1 heterocycles. The Balaban J connectivity index is 1.27. The highest BCUT2D eigenvalue weighted by atomic mass is 31.2. The molecular weight excluding hydrogens is 605 g/mol. The first-order chi connectivity index (χ1) is 21.6. The normalized spacial score (nSPS) is 19.1. The van der Waals surface area contributed by atoms with Gasteiger partial charge in [0.2, 0.25) is 0 Å². The van der Waals surface area contributed by atoms with Gasteiger partial charge in [0.25, 0.3) is 0 Å². The van der Waals surface area contributed by atoms with Crippen molar-refractivity contribution in [1.82, 2.24) is 0 Å². The Labute approximate surface area is 261 Å². The molecule has 13 heteroatoms. The third kappa shape index (κ3) is 11.0. The number of esters is 1. The molecular formula is C32H38NO11P. The Morgan fingerprint density at radius 3 is 2.56 bits per heavy atom. The average molecular weight is 644 g/mol. The summed E-state index contributed by atoms with van der Waals surface area (Å²) in [6, 6.07) is 23.0. The zero-order valence-corrected chi connectivity index (χ0v) is 25.8. The van der Waals surface area contributed by atoms with Crippen LogP contribution in [-0.2, 0) is 45.7 Å². The van der Waals surface area contributed by atoms with E-state index in [9.17, 15) is 19.0 Å². The van der Waals surface area contributed by atoms with Gasteiger partial charge in [0.15, 0.2) is 0 Å². The van der Waals surface area contributed by atoms with Gasteiger partial charge in [-0.2, -0.15) is 0 Å². The second-order valence-corrected chi connectivity index (χ2v) is 11.9. The topological polar surface area (TPSA) is 173 Å². The van der Waals surface area contributed by atoms with E-state index in [4.69, 9.17) is 38.8 Å². The number of hydrogen-bond donors (Lipinski definition) is 3. The highest BCUT2D eigenvalue weighted by molar-refractivity contribution is 7.47. The van der Waals surface area contributed by atoms with Crippen molar-refractivity contribution in [2.75, 3.05) is 13.2 Å². The molecule has 1 aliphatic heterocycles. The maximum atomic E-state index is 12.8. The minimum atomic E-state index is -4.66. The number of aliphatic carboxylic acids is 1. The SMILES string of the molecule is C[C@H](OP(=O)(O)OCC1OCCCC1OC(=O)CCc1ccccc1OCc1cccc(Oc2ccccc2)c1)[C@H](N)C(=O)O. The van der Waals surface area contributed by atoms with Crippen molar-refractivity contribution in [2.24, 2.45) is 5.73 Å². The zero-order valence-electron chi connectivity index (χ0n) is 24.9. The van der Waals surface area contributed by atoms with Gasteiger partial charge in [-0.25, -0.2) is 4.57 Å². The Kier molecular flexibility index (Phi) is 12.5. The molecule has 1 aliphatic rings. The van der Waals surface area contributed by atoms with Crippen LogP contribution in [0.4, 0.5) is 0 Å². The summed E-state index contributed by atoms with van der Waals surface area (Å²) >= 11 is 0. The molecule has 0 spiro atoms. The van der Waals surface area contributed by atoms with Gasteiger partial charge in [-0.05, 0) is 67.6 Å². The van der Waals surface area contributed by atoms with E-state index in [2.05, 4.69) is 0 Å². The molecule has 4 rings (SSSR count). The van der Waals surface area contributed by atoms with Gasteiger partial charge in [0, 0.05) is 13.0 Å². The monoisotopic (exact) mass is 643 g/mol. The number of aryl methyl sites for hydroxylation is 1. The zero-order chi connectivity index (χ0) is 32.2. The molecule has 4 N–H and O–H groups in total. The second-order valence-electron chi connectivity index (χ2n) is 10.5. The molecule has 0 aliphatic carbocycles. The van der Waals surface area contributed by atoms with E-state index in [1.165, 1.54) is 6.92 Å². The highest BCUT2D eigenvalue weighted by Gasteiger charge is 2.35. The largest absolute Gasteiger partial charge is 0.489 e. The van der Waals surface area contributed by atoms with Crippen LogP contribution in [0.2, 0.25) is 0 Å². The summed E-state index contributed by atoms with van der Waals surface area (Å²) in [6.45, 7) is 1.49. The fourth-order valence-electron chi connectivity index (χ4n) is 4.58. The van der Waals surface area contributed by atoms with Crippen LogP contribution in [0.15, 0.2) is 78.9 Å². The number of para-hydroxylation sites is 2. The maximum absolute atomic E-state index is 12.8. The van der Waals surface area contributed by atoms with Crippen molar-refractivity contribution in [3.63, 3.8) is 0 Å². The lowest BCUT2D eigenvalue weighted by Crippen LogP contribution is -2.42. The Hall–Kier alpha value is -3.77. The van der Waals surface area contributed by atoms with Crippen LogP contribution < -0.4 is 15.2 Å². The van der Waals surface area contributed by atoms with E-state index in [1.54, 1.807) is 0 Å². The molecule has 5 atom stereocenters. The molecule has 1 saturated heterocycles. The third-order valence-corrected chi connectivity index (χ3v) is 8.07. The van der Waals surface area contributed by atoms with Crippen LogP contribution >= 0.6 is 7.82 Å². The third-order valence-electron chi connectivity index (χ3n) is 7.00. The summed E-state index contributed by atoms with van der Waals surface area (Å²) in [5.74, 6) is 0.211. The number of carbonyl (C=O) groups is 2. The standard InChI is InChI=1S/C32H38NO11P/c1-22(31(33)32(35)36)44-45(37,38)41-21-29-28(15-8-18-39-29)43-30(34)17-16-24-10-5-6-14-27(24)40-20-23-9-7-13-26(19-23)42-25-11-3-2-4-12-25/h2-7,9-14,19,22,28-29,31H,8,15-18,20-21,33H2,1H3,(H,35,36)(H,37,38)/t22-,28?,29?,31-/m0/s1. The van der Waals surface area contributed by atoms with Crippen LogP contribution in [0.1, 0.15) is 37.3 Å². The van der Waals surface area contributed by atoms with E-state index >= 15 is 0 Å². The Morgan fingerprint density at radius 2 is 1.78 bits per heavy atom. The van der Waals surface area contributed by atoms with Gasteiger partial charge in [0.1, 0.15) is 42.1 Å². The van der Waals surface area contributed by atoms with Crippen LogP contribution in [-0.4, -0.2) is 59.5 Å². The number of carbonyl (C=O) groups excluding carboxylic acids is 1. The summed E-state index contributed by atoms with van der Waals surface area (Å²) in [5.41, 5.74) is 7.18. The van der Waals surface area contributed by atoms with Gasteiger partial charge in [-0.3, -0.25) is 18.6 Å². The van der Waals surface area contributed by atoms with Gasteiger partial charge >= 0.3 is 19.8 Å². The van der Waals surface area contributed by atoms with Crippen molar-refractivity contribution in [3.05, 3.63) is 90.0 Å². The smallest absolute Gasteiger partial charge is 0.472 e. The van der Waals surface area contributed by atoms with Crippen molar-refractivity contribution in [1.29, 1.82) is 0 Å². The van der Waals surface area contributed by atoms with Crippen LogP contribution in [0, 0.1) is 0 Å². The minimum Gasteiger partial charge on any atom is -0.489 e. The first-order valence-corrected chi connectivity index (χ1v) is 16.1. The lowest BCUT2D eigenvalue weighted by molar-refractivity contribution is -0.166. The first kappa shape index (κ1) is 34.1. The molecule has 0 amide bonds. The van der Waals surface area contributed by atoms with Gasteiger partial charge < -0.3 is 34.7 Å². The molecule has 0 radical (unpaired) electrons. The summed E-state index contributed by atoms with van der Waals surface area (Å²) in [5, 5.41) is 8.96. The van der Waals surface area contributed by atoms with Gasteiger partial charge in [-0.1, -0.05) is 48.5 Å². The molecule has 3 unspecified atom stereocenters. The average Bonchev–Trinajstić information content (AvgIpc) is 3.03. The number of hydrogen-bond acceptors (Lipinski definition) is 10. The molecule has 242 valence electrons. The molecule has 0 bridgehead atoms. The number of carboxylic acid groups (broad SMARTS) is 1. The minimum absolute atomic E-state index is 0.0665. The van der Waals surface area contributed by atoms with E-state index in [-0.39, 0.29) is 6.42 Å². The number of ether oxygens (including phenoxy) is 4. The number of carboxylic acids is 1.